The van der Waals surface area contributed by atoms with Crippen LogP contribution in [0.3, 0.4) is 0 Å². The van der Waals surface area contributed by atoms with Gasteiger partial charge in [0, 0.05) is 6.54 Å². The average molecular weight is 256 g/mol. The van der Waals surface area contributed by atoms with Gasteiger partial charge in [0.25, 0.3) is 0 Å². The second-order valence-electron chi connectivity index (χ2n) is 5.75. The van der Waals surface area contributed by atoms with Crippen LogP contribution in [0.5, 0.6) is 0 Å². The summed E-state index contributed by atoms with van der Waals surface area (Å²) in [5.74, 6) is -0.695. The molecule has 104 valence electrons. The van der Waals surface area contributed by atoms with Crippen LogP contribution < -0.4 is 11.1 Å². The van der Waals surface area contributed by atoms with Crippen LogP contribution in [0.1, 0.15) is 46.0 Å². The highest BCUT2D eigenvalue weighted by Gasteiger charge is 2.41. The number of hydrogen-bond acceptors (Lipinski definition) is 3. The van der Waals surface area contributed by atoms with Gasteiger partial charge in [-0.3, -0.25) is 9.59 Å². The molecule has 1 rings (SSSR count). The van der Waals surface area contributed by atoms with Gasteiger partial charge < -0.3 is 16.2 Å². The predicted octanol–water partition coefficient (Wildman–Crippen LogP) is 1.12. The summed E-state index contributed by atoms with van der Waals surface area (Å²) < 4.78 is 0. The predicted molar refractivity (Wildman–Crippen MR) is 69.0 cm³/mol. The summed E-state index contributed by atoms with van der Waals surface area (Å²) in [6, 6.07) is -0.544. The van der Waals surface area contributed by atoms with Crippen molar-refractivity contribution in [1.82, 2.24) is 5.32 Å². The summed E-state index contributed by atoms with van der Waals surface area (Å²) in [6.07, 6.45) is 3.73. The van der Waals surface area contributed by atoms with E-state index in [9.17, 15) is 14.7 Å². The van der Waals surface area contributed by atoms with Crippen molar-refractivity contribution in [3.63, 3.8) is 0 Å². The number of amides is 1. The molecule has 0 aromatic rings. The van der Waals surface area contributed by atoms with E-state index in [2.05, 4.69) is 5.32 Å². The summed E-state index contributed by atoms with van der Waals surface area (Å²) in [7, 11) is 0. The summed E-state index contributed by atoms with van der Waals surface area (Å²) >= 11 is 0. The smallest absolute Gasteiger partial charge is 0.311 e. The maximum atomic E-state index is 11.8. The van der Waals surface area contributed by atoms with E-state index in [0.29, 0.717) is 25.2 Å². The fourth-order valence-electron chi connectivity index (χ4n) is 2.52. The molecular formula is C13H24N2O3. The van der Waals surface area contributed by atoms with Gasteiger partial charge in [0.15, 0.2) is 0 Å². The molecule has 1 aliphatic carbocycles. The fourth-order valence-corrected chi connectivity index (χ4v) is 2.52. The highest BCUT2D eigenvalue weighted by molar-refractivity contribution is 5.83. The molecule has 0 radical (unpaired) electrons. The molecule has 5 nitrogen and oxygen atoms in total. The first kappa shape index (κ1) is 15.0. The third-order valence-corrected chi connectivity index (χ3v) is 3.68. The van der Waals surface area contributed by atoms with E-state index in [1.807, 2.05) is 13.8 Å². The molecular weight excluding hydrogens is 232 g/mol. The fraction of sp³-hybridized carbons (Fsp3) is 0.846. The number of aliphatic carboxylic acids is 1. The lowest BCUT2D eigenvalue weighted by molar-refractivity contribution is -0.148. The van der Waals surface area contributed by atoms with E-state index >= 15 is 0 Å². The number of nitrogens with one attached hydrogen (secondary N) is 1. The molecule has 0 spiro atoms. The molecule has 0 heterocycles. The number of nitrogens with two attached hydrogens (primary N) is 1. The lowest BCUT2D eigenvalue weighted by Crippen LogP contribution is -2.47. The Hall–Kier alpha value is -1.10. The summed E-state index contributed by atoms with van der Waals surface area (Å²) in [6.45, 7) is 4.21. The molecule has 0 saturated heterocycles. The molecule has 1 saturated carbocycles. The number of carbonyl (C=O) groups excluding carboxylic acids is 1. The van der Waals surface area contributed by atoms with Crippen LogP contribution in [0, 0.1) is 11.3 Å². The third kappa shape index (κ3) is 3.70. The van der Waals surface area contributed by atoms with E-state index in [1.54, 1.807) is 0 Å². The molecule has 1 aliphatic rings. The van der Waals surface area contributed by atoms with E-state index in [1.165, 1.54) is 0 Å². The number of hydrogen-bond donors (Lipinski definition) is 3. The molecule has 4 N–H and O–H groups in total. The Balaban J connectivity index is 2.48. The summed E-state index contributed by atoms with van der Waals surface area (Å²) in [4.78, 5) is 23.1. The van der Waals surface area contributed by atoms with Crippen molar-refractivity contribution in [2.45, 2.75) is 52.0 Å². The average Bonchev–Trinajstić information content (AvgIpc) is 2.74. The van der Waals surface area contributed by atoms with Crippen LogP contribution in [-0.4, -0.2) is 29.6 Å². The second kappa shape index (κ2) is 6.18. The van der Waals surface area contributed by atoms with Crippen molar-refractivity contribution < 1.29 is 14.7 Å². The third-order valence-electron chi connectivity index (χ3n) is 3.68. The van der Waals surface area contributed by atoms with E-state index < -0.39 is 17.4 Å². The maximum Gasteiger partial charge on any atom is 0.311 e. The first-order chi connectivity index (χ1) is 8.37. The maximum absolute atomic E-state index is 11.8. The molecule has 5 heteroatoms. The molecule has 1 atom stereocenters. The molecule has 0 unspecified atom stereocenters. The van der Waals surface area contributed by atoms with Crippen LogP contribution >= 0.6 is 0 Å². The van der Waals surface area contributed by atoms with Crippen molar-refractivity contribution in [1.29, 1.82) is 0 Å². The summed E-state index contributed by atoms with van der Waals surface area (Å²) in [5.41, 5.74) is 4.99. The topological polar surface area (TPSA) is 92.4 Å². The molecule has 18 heavy (non-hydrogen) atoms. The van der Waals surface area contributed by atoms with Gasteiger partial charge in [0.05, 0.1) is 11.5 Å². The molecule has 0 aliphatic heterocycles. The SMILES string of the molecule is CC(C)C[C@@H](N)C(=O)NCC1(C(=O)O)CCCC1. The lowest BCUT2D eigenvalue weighted by Gasteiger charge is -2.25. The van der Waals surface area contributed by atoms with Crippen molar-refractivity contribution in [3.8, 4) is 0 Å². The number of rotatable bonds is 6. The van der Waals surface area contributed by atoms with Crippen LogP contribution in [0.25, 0.3) is 0 Å². The minimum absolute atomic E-state index is 0.201. The van der Waals surface area contributed by atoms with Crippen molar-refractivity contribution in [3.05, 3.63) is 0 Å². The highest BCUT2D eigenvalue weighted by Crippen LogP contribution is 2.37. The van der Waals surface area contributed by atoms with E-state index in [-0.39, 0.29) is 12.5 Å². The van der Waals surface area contributed by atoms with Crippen molar-refractivity contribution in [2.75, 3.05) is 6.54 Å². The Morgan fingerprint density at radius 2 is 1.89 bits per heavy atom. The van der Waals surface area contributed by atoms with E-state index in [0.717, 1.165) is 12.8 Å². The van der Waals surface area contributed by atoms with Gasteiger partial charge in [-0.05, 0) is 25.2 Å². The zero-order valence-corrected chi connectivity index (χ0v) is 11.2. The zero-order valence-electron chi connectivity index (χ0n) is 11.2. The monoisotopic (exact) mass is 256 g/mol. The van der Waals surface area contributed by atoms with Crippen LogP contribution in [0.4, 0.5) is 0 Å². The molecule has 1 fully saturated rings. The minimum atomic E-state index is -0.808. The second-order valence-corrected chi connectivity index (χ2v) is 5.75. The Morgan fingerprint density at radius 1 is 1.33 bits per heavy atom. The molecule has 0 aromatic carbocycles. The molecule has 0 bridgehead atoms. The minimum Gasteiger partial charge on any atom is -0.481 e. The number of carboxylic acids is 1. The Labute approximate surface area is 108 Å². The lowest BCUT2D eigenvalue weighted by atomic mass is 9.86. The van der Waals surface area contributed by atoms with Crippen LogP contribution in [-0.2, 0) is 9.59 Å². The van der Waals surface area contributed by atoms with Gasteiger partial charge in [-0.15, -0.1) is 0 Å². The normalized spacial score (nSPS) is 19.8. The van der Waals surface area contributed by atoms with Gasteiger partial charge in [0.2, 0.25) is 5.91 Å². The first-order valence-corrected chi connectivity index (χ1v) is 6.64. The number of carbonyl (C=O) groups is 2. The van der Waals surface area contributed by atoms with Crippen molar-refractivity contribution >= 4 is 11.9 Å². The van der Waals surface area contributed by atoms with Gasteiger partial charge in [-0.2, -0.15) is 0 Å². The Kier molecular flexibility index (Phi) is 5.14. The van der Waals surface area contributed by atoms with Crippen LogP contribution in [0.2, 0.25) is 0 Å². The van der Waals surface area contributed by atoms with Gasteiger partial charge in [0.1, 0.15) is 0 Å². The highest BCUT2D eigenvalue weighted by atomic mass is 16.4. The quantitative estimate of drug-likeness (QED) is 0.664. The molecule has 1 amide bonds. The largest absolute Gasteiger partial charge is 0.481 e. The van der Waals surface area contributed by atoms with E-state index in [4.69, 9.17) is 5.73 Å². The van der Waals surface area contributed by atoms with Gasteiger partial charge >= 0.3 is 5.97 Å². The summed E-state index contributed by atoms with van der Waals surface area (Å²) in [5, 5.41) is 12.0. The van der Waals surface area contributed by atoms with Gasteiger partial charge in [-0.25, -0.2) is 0 Å². The first-order valence-electron chi connectivity index (χ1n) is 6.64. The Morgan fingerprint density at radius 3 is 2.33 bits per heavy atom. The van der Waals surface area contributed by atoms with Gasteiger partial charge in [-0.1, -0.05) is 26.7 Å². The molecule has 0 aromatic heterocycles. The Bertz CT molecular complexity index is 309. The number of carboxylic acid groups (broad SMARTS) is 1. The van der Waals surface area contributed by atoms with Crippen LogP contribution in [0.15, 0.2) is 0 Å². The zero-order chi connectivity index (χ0) is 13.8. The standard InChI is InChI=1S/C13H24N2O3/c1-9(2)7-10(14)11(16)15-8-13(12(17)18)5-3-4-6-13/h9-10H,3-8,14H2,1-2H3,(H,15,16)(H,17,18)/t10-/m1/s1. The van der Waals surface area contributed by atoms with Crippen molar-refractivity contribution in [2.24, 2.45) is 17.1 Å².